The lowest BCUT2D eigenvalue weighted by atomic mass is 10.2. The highest BCUT2D eigenvalue weighted by atomic mass is 127. The van der Waals surface area contributed by atoms with Gasteiger partial charge in [-0.1, -0.05) is 0 Å². The molecule has 0 aromatic carbocycles. The lowest BCUT2D eigenvalue weighted by Gasteiger charge is -2.06. The maximum absolute atomic E-state index is 11.2. The van der Waals surface area contributed by atoms with Gasteiger partial charge in [0.25, 0.3) is 0 Å². The molecule has 0 amide bonds. The Labute approximate surface area is 120 Å². The van der Waals surface area contributed by atoms with Crippen molar-refractivity contribution in [3.63, 3.8) is 0 Å². The number of esters is 1. The van der Waals surface area contributed by atoms with Gasteiger partial charge in [-0.15, -0.1) is 0 Å². The topological polar surface area (TPSA) is 77.2 Å². The average Bonchev–Trinajstić information content (AvgIpc) is 2.35. The minimum atomic E-state index is -0.349. The quantitative estimate of drug-likeness (QED) is 0.458. The summed E-state index contributed by atoms with van der Waals surface area (Å²) in [7, 11) is 0. The first-order chi connectivity index (χ1) is 8.67. The summed E-state index contributed by atoms with van der Waals surface area (Å²) in [6.07, 6.45) is 4.76. The lowest BCUT2D eigenvalue weighted by Crippen LogP contribution is -2.14. The number of halogens is 1. The van der Waals surface area contributed by atoms with Crippen LogP contribution in [0, 0.1) is 3.57 Å². The number of nitrogens with two attached hydrogens (primary N) is 1. The van der Waals surface area contributed by atoms with Crippen LogP contribution in [-0.2, 0) is 9.53 Å². The van der Waals surface area contributed by atoms with Gasteiger partial charge in [0, 0.05) is 25.4 Å². The maximum Gasteiger partial charge on any atom is 0.330 e. The summed E-state index contributed by atoms with van der Waals surface area (Å²) in [6, 6.07) is 1.93. The Morgan fingerprint density at radius 3 is 3.06 bits per heavy atom. The molecule has 0 radical (unpaired) electrons. The molecule has 1 rings (SSSR count). The molecule has 0 atom stereocenters. The molecular formula is C12H16IN3O2. The van der Waals surface area contributed by atoms with E-state index in [9.17, 15) is 4.79 Å². The largest absolute Gasteiger partial charge is 0.463 e. The zero-order chi connectivity index (χ0) is 13.4. The molecule has 0 spiro atoms. The van der Waals surface area contributed by atoms with E-state index in [-0.39, 0.29) is 5.97 Å². The third-order valence-electron chi connectivity index (χ3n) is 2.00. The summed E-state index contributed by atoms with van der Waals surface area (Å²) in [5.41, 5.74) is 6.26. The van der Waals surface area contributed by atoms with Crippen LogP contribution >= 0.6 is 22.6 Å². The molecule has 6 heteroatoms. The number of aromatic nitrogens is 1. The number of nitrogens with zero attached hydrogens (tertiary/aromatic N) is 1. The average molecular weight is 361 g/mol. The van der Waals surface area contributed by atoms with Gasteiger partial charge in [-0.25, -0.2) is 9.78 Å². The molecule has 0 saturated heterocycles. The number of anilines is 1. The molecule has 0 bridgehead atoms. The minimum Gasteiger partial charge on any atom is -0.463 e. The van der Waals surface area contributed by atoms with Crippen LogP contribution in [0.4, 0.5) is 5.82 Å². The second kappa shape index (κ2) is 8.04. The van der Waals surface area contributed by atoms with Gasteiger partial charge < -0.3 is 15.8 Å². The van der Waals surface area contributed by atoms with Crippen molar-refractivity contribution in [2.45, 2.75) is 6.92 Å². The number of carbonyl (C=O) groups excluding carboxylic acids is 1. The zero-order valence-electron chi connectivity index (χ0n) is 10.1. The first kappa shape index (κ1) is 14.9. The van der Waals surface area contributed by atoms with Gasteiger partial charge in [-0.05, 0) is 47.2 Å². The van der Waals surface area contributed by atoms with Crippen LogP contribution in [0.3, 0.4) is 0 Å². The molecule has 0 unspecified atom stereocenters. The van der Waals surface area contributed by atoms with E-state index < -0.39 is 0 Å². The van der Waals surface area contributed by atoms with Crippen LogP contribution in [-0.4, -0.2) is 30.6 Å². The Kier molecular flexibility index (Phi) is 6.66. The fourth-order valence-electron chi connectivity index (χ4n) is 1.22. The number of hydrogen-bond donors (Lipinski definition) is 2. The molecule has 1 aromatic heterocycles. The van der Waals surface area contributed by atoms with Crippen molar-refractivity contribution in [2.75, 3.05) is 25.0 Å². The molecule has 1 aromatic rings. The fraction of sp³-hybridized carbons (Fsp3) is 0.333. The van der Waals surface area contributed by atoms with Gasteiger partial charge >= 0.3 is 5.97 Å². The highest BCUT2D eigenvalue weighted by Gasteiger charge is 2.01. The Hall–Kier alpha value is -1.15. The molecule has 0 fully saturated rings. The van der Waals surface area contributed by atoms with Crippen molar-refractivity contribution < 1.29 is 9.53 Å². The summed E-state index contributed by atoms with van der Waals surface area (Å²) >= 11 is 2.18. The van der Waals surface area contributed by atoms with Gasteiger partial charge in [0.05, 0.1) is 10.2 Å². The second-order valence-electron chi connectivity index (χ2n) is 3.40. The van der Waals surface area contributed by atoms with E-state index in [1.807, 2.05) is 6.07 Å². The molecule has 0 aliphatic rings. The third kappa shape index (κ3) is 5.01. The van der Waals surface area contributed by atoms with Crippen molar-refractivity contribution in [2.24, 2.45) is 5.73 Å². The van der Waals surface area contributed by atoms with Gasteiger partial charge in [-0.3, -0.25) is 0 Å². The summed E-state index contributed by atoms with van der Waals surface area (Å²) in [5, 5.41) is 3.12. The smallest absolute Gasteiger partial charge is 0.330 e. The van der Waals surface area contributed by atoms with E-state index >= 15 is 0 Å². The molecule has 5 nitrogen and oxygen atoms in total. The number of hydrogen-bond acceptors (Lipinski definition) is 5. The Morgan fingerprint density at radius 2 is 2.44 bits per heavy atom. The molecular weight excluding hydrogens is 345 g/mol. The monoisotopic (exact) mass is 361 g/mol. The van der Waals surface area contributed by atoms with Crippen molar-refractivity contribution in [1.82, 2.24) is 4.98 Å². The Balaban J connectivity index is 2.69. The summed E-state index contributed by atoms with van der Waals surface area (Å²) in [6.45, 7) is 3.39. The van der Waals surface area contributed by atoms with E-state index in [2.05, 4.69) is 32.9 Å². The number of nitrogens with one attached hydrogen (secondary N) is 1. The number of rotatable bonds is 6. The lowest BCUT2D eigenvalue weighted by molar-refractivity contribution is -0.137. The van der Waals surface area contributed by atoms with Gasteiger partial charge in [0.1, 0.15) is 5.82 Å². The molecule has 0 aliphatic heterocycles. The molecule has 98 valence electrons. The Morgan fingerprint density at radius 1 is 1.67 bits per heavy atom. The van der Waals surface area contributed by atoms with E-state index in [1.165, 1.54) is 6.08 Å². The standard InChI is InChI=1S/C12H16IN3O2/c1-2-18-11(17)4-3-9-7-10(13)12(16-8-9)15-6-5-14/h3-4,7-8H,2,5-6,14H2,1H3,(H,15,16)/b4-3+. The molecule has 1 heterocycles. The van der Waals surface area contributed by atoms with Crippen molar-refractivity contribution in [3.05, 3.63) is 27.5 Å². The van der Waals surface area contributed by atoms with Crippen LogP contribution in [0.15, 0.2) is 18.3 Å². The summed E-state index contributed by atoms with van der Waals surface area (Å²) in [5.74, 6) is 0.451. The van der Waals surface area contributed by atoms with Gasteiger partial charge in [0.15, 0.2) is 0 Å². The number of ether oxygens (including phenoxy) is 1. The maximum atomic E-state index is 11.2. The molecule has 0 aliphatic carbocycles. The van der Waals surface area contributed by atoms with Crippen molar-refractivity contribution in [1.29, 1.82) is 0 Å². The SMILES string of the molecule is CCOC(=O)/C=C/c1cnc(NCCN)c(I)c1. The highest BCUT2D eigenvalue weighted by Crippen LogP contribution is 2.17. The zero-order valence-corrected chi connectivity index (χ0v) is 12.3. The van der Waals surface area contributed by atoms with E-state index in [1.54, 1.807) is 19.2 Å². The highest BCUT2D eigenvalue weighted by molar-refractivity contribution is 14.1. The predicted octanol–water partition coefficient (Wildman–Crippen LogP) is 1.63. The van der Waals surface area contributed by atoms with Crippen LogP contribution < -0.4 is 11.1 Å². The van der Waals surface area contributed by atoms with E-state index in [0.717, 1.165) is 15.0 Å². The third-order valence-corrected chi connectivity index (χ3v) is 2.82. The second-order valence-corrected chi connectivity index (χ2v) is 4.56. The van der Waals surface area contributed by atoms with E-state index in [0.29, 0.717) is 19.7 Å². The Bertz CT molecular complexity index is 435. The summed E-state index contributed by atoms with van der Waals surface area (Å²) in [4.78, 5) is 15.4. The first-order valence-electron chi connectivity index (χ1n) is 5.61. The van der Waals surface area contributed by atoms with Gasteiger partial charge in [-0.2, -0.15) is 0 Å². The van der Waals surface area contributed by atoms with Crippen LogP contribution in [0.25, 0.3) is 6.08 Å². The van der Waals surface area contributed by atoms with Crippen LogP contribution in [0.5, 0.6) is 0 Å². The molecule has 18 heavy (non-hydrogen) atoms. The van der Waals surface area contributed by atoms with Crippen molar-refractivity contribution >= 4 is 40.5 Å². The minimum absolute atomic E-state index is 0.349. The van der Waals surface area contributed by atoms with Gasteiger partial charge in [0.2, 0.25) is 0 Å². The van der Waals surface area contributed by atoms with Crippen LogP contribution in [0.2, 0.25) is 0 Å². The van der Waals surface area contributed by atoms with Crippen LogP contribution in [0.1, 0.15) is 12.5 Å². The first-order valence-corrected chi connectivity index (χ1v) is 6.69. The molecule has 0 saturated carbocycles. The number of carbonyl (C=O) groups is 1. The number of pyridine rings is 1. The van der Waals surface area contributed by atoms with Crippen molar-refractivity contribution in [3.8, 4) is 0 Å². The normalized spacial score (nSPS) is 10.6. The molecule has 3 N–H and O–H groups in total. The van der Waals surface area contributed by atoms with E-state index in [4.69, 9.17) is 10.5 Å². The predicted molar refractivity (Wildman–Crippen MR) is 80.2 cm³/mol. The summed E-state index contributed by atoms with van der Waals surface area (Å²) < 4.78 is 5.78. The fourth-order valence-corrected chi connectivity index (χ4v) is 1.91.